The lowest BCUT2D eigenvalue weighted by molar-refractivity contribution is -0.123. The van der Waals surface area contributed by atoms with Crippen LogP contribution in [0.15, 0.2) is 5.38 Å². The summed E-state index contributed by atoms with van der Waals surface area (Å²) in [6.45, 7) is 4.48. The number of amides is 1. The maximum absolute atomic E-state index is 11.8. The molecule has 2 unspecified atom stereocenters. The highest BCUT2D eigenvalue weighted by Crippen LogP contribution is 2.17. The Kier molecular flexibility index (Phi) is 6.24. The van der Waals surface area contributed by atoms with Crippen LogP contribution >= 0.6 is 11.3 Å². The van der Waals surface area contributed by atoms with Gasteiger partial charge in [-0.25, -0.2) is 4.98 Å². The van der Waals surface area contributed by atoms with Crippen molar-refractivity contribution in [3.63, 3.8) is 0 Å². The number of hydrogen-bond donors (Lipinski definition) is 2. The molecule has 1 rings (SSSR count). The molecule has 0 aromatic carbocycles. The second-order valence-corrected chi connectivity index (χ2v) is 5.19. The van der Waals surface area contributed by atoms with E-state index in [4.69, 9.17) is 10.5 Å². The topological polar surface area (TPSA) is 77.2 Å². The smallest absolute Gasteiger partial charge is 0.237 e. The molecular formula is C12H21N3O2S. The van der Waals surface area contributed by atoms with Gasteiger partial charge in [0.05, 0.1) is 12.1 Å². The molecule has 5 nitrogen and oxygen atoms in total. The third kappa shape index (κ3) is 4.72. The second kappa shape index (κ2) is 7.45. The number of hydrogen-bond acceptors (Lipinski definition) is 5. The van der Waals surface area contributed by atoms with Crippen molar-refractivity contribution in [2.24, 2.45) is 5.73 Å². The first-order chi connectivity index (χ1) is 8.54. The Hall–Kier alpha value is -0.980. The molecule has 102 valence electrons. The van der Waals surface area contributed by atoms with Gasteiger partial charge in [-0.15, -0.1) is 11.3 Å². The van der Waals surface area contributed by atoms with Crippen molar-refractivity contribution in [2.75, 3.05) is 13.7 Å². The van der Waals surface area contributed by atoms with E-state index in [2.05, 4.69) is 10.3 Å². The molecule has 1 aromatic heterocycles. The van der Waals surface area contributed by atoms with Gasteiger partial charge in [-0.3, -0.25) is 4.79 Å². The summed E-state index contributed by atoms with van der Waals surface area (Å²) in [5.41, 5.74) is 6.78. The quantitative estimate of drug-likeness (QED) is 0.735. The Morgan fingerprint density at radius 2 is 2.39 bits per heavy atom. The van der Waals surface area contributed by atoms with Crippen molar-refractivity contribution in [1.29, 1.82) is 0 Å². The Labute approximate surface area is 112 Å². The number of carbonyl (C=O) groups is 1. The molecule has 0 aliphatic rings. The summed E-state index contributed by atoms with van der Waals surface area (Å²) in [4.78, 5) is 16.2. The van der Waals surface area contributed by atoms with Crippen LogP contribution in [-0.2, 0) is 9.53 Å². The number of aryl methyl sites for hydroxylation is 1. The molecule has 3 N–H and O–H groups in total. The minimum absolute atomic E-state index is 0.0929. The molecule has 18 heavy (non-hydrogen) atoms. The predicted octanol–water partition coefficient (Wildman–Crippen LogP) is 1.38. The average Bonchev–Trinajstić information content (AvgIpc) is 2.76. The number of nitrogens with one attached hydrogen (secondary N) is 1. The highest BCUT2D eigenvalue weighted by molar-refractivity contribution is 7.09. The summed E-state index contributed by atoms with van der Waals surface area (Å²) in [5, 5.41) is 5.76. The first kappa shape index (κ1) is 15.1. The van der Waals surface area contributed by atoms with Gasteiger partial charge in [0.1, 0.15) is 5.01 Å². The van der Waals surface area contributed by atoms with Gasteiger partial charge in [0.2, 0.25) is 5.91 Å². The molecule has 0 radical (unpaired) electrons. The van der Waals surface area contributed by atoms with Crippen molar-refractivity contribution in [2.45, 2.75) is 38.8 Å². The number of aromatic nitrogens is 1. The minimum Gasteiger partial charge on any atom is -0.385 e. The molecule has 0 aliphatic carbocycles. The molecule has 0 bridgehead atoms. The third-order valence-electron chi connectivity index (χ3n) is 2.57. The maximum Gasteiger partial charge on any atom is 0.237 e. The van der Waals surface area contributed by atoms with Gasteiger partial charge in [0, 0.05) is 24.8 Å². The van der Waals surface area contributed by atoms with E-state index < -0.39 is 6.04 Å². The van der Waals surface area contributed by atoms with E-state index >= 15 is 0 Å². The highest BCUT2D eigenvalue weighted by Gasteiger charge is 2.17. The van der Waals surface area contributed by atoms with E-state index in [0.29, 0.717) is 13.0 Å². The van der Waals surface area contributed by atoms with Gasteiger partial charge in [0.25, 0.3) is 0 Å². The van der Waals surface area contributed by atoms with Gasteiger partial charge in [0.15, 0.2) is 0 Å². The highest BCUT2D eigenvalue weighted by atomic mass is 32.1. The number of nitrogens with zero attached hydrogens (tertiary/aromatic N) is 1. The van der Waals surface area contributed by atoms with Crippen molar-refractivity contribution in [3.8, 4) is 0 Å². The zero-order chi connectivity index (χ0) is 13.5. The average molecular weight is 271 g/mol. The number of ether oxygens (including phenoxy) is 1. The number of rotatable bonds is 7. The molecule has 2 atom stereocenters. The van der Waals surface area contributed by atoms with Crippen LogP contribution in [0.25, 0.3) is 0 Å². The first-order valence-corrected chi connectivity index (χ1v) is 6.89. The lowest BCUT2D eigenvalue weighted by Gasteiger charge is -2.15. The summed E-state index contributed by atoms with van der Waals surface area (Å²) in [6.07, 6.45) is 1.42. The zero-order valence-electron chi connectivity index (χ0n) is 11.1. The number of thiazole rings is 1. The summed E-state index contributed by atoms with van der Waals surface area (Å²) < 4.78 is 4.93. The molecule has 0 fully saturated rings. The standard InChI is InChI=1S/C12H21N3O2S/c1-8-7-18-12(14-8)9(2)15-11(16)10(13)5-4-6-17-3/h7,9-10H,4-6,13H2,1-3H3,(H,15,16). The Balaban J connectivity index is 2.39. The van der Waals surface area contributed by atoms with Gasteiger partial charge in [-0.05, 0) is 26.7 Å². The van der Waals surface area contributed by atoms with Gasteiger partial charge >= 0.3 is 0 Å². The van der Waals surface area contributed by atoms with E-state index in [0.717, 1.165) is 17.1 Å². The van der Waals surface area contributed by atoms with Crippen LogP contribution < -0.4 is 11.1 Å². The van der Waals surface area contributed by atoms with E-state index in [9.17, 15) is 4.79 Å². The summed E-state index contributed by atoms with van der Waals surface area (Å²) >= 11 is 1.55. The van der Waals surface area contributed by atoms with Crippen LogP contribution in [0.5, 0.6) is 0 Å². The van der Waals surface area contributed by atoms with Gasteiger partial charge < -0.3 is 15.8 Å². The zero-order valence-corrected chi connectivity index (χ0v) is 11.9. The van der Waals surface area contributed by atoms with Crippen LogP contribution in [0.2, 0.25) is 0 Å². The Morgan fingerprint density at radius 3 is 2.94 bits per heavy atom. The Morgan fingerprint density at radius 1 is 1.67 bits per heavy atom. The molecule has 1 amide bonds. The van der Waals surface area contributed by atoms with Crippen molar-refractivity contribution >= 4 is 17.2 Å². The van der Waals surface area contributed by atoms with Crippen LogP contribution in [-0.4, -0.2) is 30.6 Å². The van der Waals surface area contributed by atoms with Crippen LogP contribution in [0.4, 0.5) is 0 Å². The molecule has 0 aliphatic heterocycles. The fourth-order valence-corrected chi connectivity index (χ4v) is 2.34. The summed E-state index contributed by atoms with van der Waals surface area (Å²) in [6, 6.07) is -0.576. The molecule has 0 spiro atoms. The van der Waals surface area contributed by atoms with E-state index in [1.807, 2.05) is 19.2 Å². The molecule has 0 saturated heterocycles. The first-order valence-electron chi connectivity index (χ1n) is 6.01. The van der Waals surface area contributed by atoms with E-state index in [1.54, 1.807) is 18.4 Å². The minimum atomic E-state index is -0.483. The van der Waals surface area contributed by atoms with E-state index in [1.165, 1.54) is 0 Å². The maximum atomic E-state index is 11.8. The molecule has 1 heterocycles. The van der Waals surface area contributed by atoms with Crippen LogP contribution in [0, 0.1) is 6.92 Å². The SMILES string of the molecule is COCCCC(N)C(=O)NC(C)c1nc(C)cs1. The van der Waals surface area contributed by atoms with E-state index in [-0.39, 0.29) is 11.9 Å². The monoisotopic (exact) mass is 271 g/mol. The van der Waals surface area contributed by atoms with Gasteiger partial charge in [-0.1, -0.05) is 0 Å². The lowest BCUT2D eigenvalue weighted by atomic mass is 10.1. The Bertz CT molecular complexity index is 381. The van der Waals surface area contributed by atoms with Crippen molar-refractivity contribution < 1.29 is 9.53 Å². The molecule has 1 aromatic rings. The predicted molar refractivity (Wildman–Crippen MR) is 72.5 cm³/mol. The molecule has 0 saturated carbocycles. The van der Waals surface area contributed by atoms with Crippen molar-refractivity contribution in [1.82, 2.24) is 10.3 Å². The number of nitrogens with two attached hydrogens (primary N) is 1. The second-order valence-electron chi connectivity index (χ2n) is 4.30. The lowest BCUT2D eigenvalue weighted by Crippen LogP contribution is -2.41. The third-order valence-corrected chi connectivity index (χ3v) is 3.71. The number of carbonyl (C=O) groups excluding carboxylic acids is 1. The molecule has 6 heteroatoms. The fourth-order valence-electron chi connectivity index (χ4n) is 1.53. The van der Waals surface area contributed by atoms with Gasteiger partial charge in [-0.2, -0.15) is 0 Å². The largest absolute Gasteiger partial charge is 0.385 e. The van der Waals surface area contributed by atoms with Crippen LogP contribution in [0.3, 0.4) is 0 Å². The number of methoxy groups -OCH3 is 1. The normalized spacial score (nSPS) is 14.2. The van der Waals surface area contributed by atoms with Crippen LogP contribution in [0.1, 0.15) is 36.5 Å². The fraction of sp³-hybridized carbons (Fsp3) is 0.667. The summed E-state index contributed by atoms with van der Waals surface area (Å²) in [7, 11) is 1.64. The molecular weight excluding hydrogens is 250 g/mol. The van der Waals surface area contributed by atoms with Crippen molar-refractivity contribution in [3.05, 3.63) is 16.1 Å². The summed E-state index contributed by atoms with van der Waals surface area (Å²) in [5.74, 6) is -0.133.